The summed E-state index contributed by atoms with van der Waals surface area (Å²) in [6.45, 7) is 0. The lowest BCUT2D eigenvalue weighted by Crippen LogP contribution is -2.16. The molecule has 11 heavy (non-hydrogen) atoms. The second-order valence-corrected chi connectivity index (χ2v) is 2.07. The number of carbonyl (C=O) groups excluding carboxylic acids is 1. The Hall–Kier alpha value is -1.29. The Morgan fingerprint density at radius 1 is 1.73 bits per heavy atom. The number of primary amides is 1. The van der Waals surface area contributed by atoms with Crippen molar-refractivity contribution in [2.24, 2.45) is 5.73 Å². The molecule has 0 atom stereocenters. The summed E-state index contributed by atoms with van der Waals surface area (Å²) in [4.78, 5) is 13.9. The Balaban J connectivity index is 2.86. The molecule has 1 aromatic heterocycles. The van der Waals surface area contributed by atoms with Crippen LogP contribution in [0.15, 0.2) is 18.3 Å². The van der Waals surface area contributed by atoms with Crippen molar-refractivity contribution >= 4 is 17.7 Å². The fourth-order valence-electron chi connectivity index (χ4n) is 0.556. The van der Waals surface area contributed by atoms with E-state index >= 15 is 0 Å². The van der Waals surface area contributed by atoms with Gasteiger partial charge in [0.05, 0.1) is 0 Å². The largest absolute Gasteiger partial charge is 0.410 e. The molecule has 5 heteroatoms. The highest BCUT2D eigenvalue weighted by molar-refractivity contribution is 6.30. The molecule has 58 valence electrons. The molecule has 1 rings (SSSR count). The van der Waals surface area contributed by atoms with Crippen LogP contribution in [0.25, 0.3) is 0 Å². The number of hydrogen-bond acceptors (Lipinski definition) is 3. The van der Waals surface area contributed by atoms with Gasteiger partial charge in [-0.15, -0.1) is 0 Å². The Morgan fingerprint density at radius 3 is 3.00 bits per heavy atom. The predicted octanol–water partition coefficient (Wildman–Crippen LogP) is 1.19. The number of halogens is 1. The molecule has 2 N–H and O–H groups in total. The van der Waals surface area contributed by atoms with Crippen molar-refractivity contribution < 1.29 is 9.53 Å². The van der Waals surface area contributed by atoms with Gasteiger partial charge in [0.1, 0.15) is 0 Å². The third-order valence-corrected chi connectivity index (χ3v) is 1.22. The first kappa shape index (κ1) is 7.81. The van der Waals surface area contributed by atoms with Crippen molar-refractivity contribution in [3.8, 4) is 5.75 Å². The van der Waals surface area contributed by atoms with E-state index in [-0.39, 0.29) is 10.9 Å². The Kier molecular flexibility index (Phi) is 2.28. The van der Waals surface area contributed by atoms with Crippen LogP contribution in [0.5, 0.6) is 5.75 Å². The Labute approximate surface area is 67.9 Å². The maximum Gasteiger partial charge on any atom is 0.410 e. The number of nitrogens with two attached hydrogens (primary N) is 1. The van der Waals surface area contributed by atoms with E-state index in [1.807, 2.05) is 0 Å². The fraction of sp³-hybridized carbons (Fsp3) is 0. The number of rotatable bonds is 1. The molecular weight excluding hydrogens is 168 g/mol. The lowest BCUT2D eigenvalue weighted by atomic mass is 10.5. The van der Waals surface area contributed by atoms with Crippen molar-refractivity contribution in [2.75, 3.05) is 0 Å². The number of ether oxygens (including phenoxy) is 1. The molecule has 1 amide bonds. The number of nitrogens with zero attached hydrogens (tertiary/aromatic N) is 1. The molecule has 0 unspecified atom stereocenters. The molecule has 0 aliphatic carbocycles. The normalized spacial score (nSPS) is 9.18. The van der Waals surface area contributed by atoms with Crippen LogP contribution in [-0.4, -0.2) is 11.1 Å². The van der Waals surface area contributed by atoms with E-state index in [2.05, 4.69) is 9.72 Å². The van der Waals surface area contributed by atoms with Gasteiger partial charge >= 0.3 is 6.09 Å². The van der Waals surface area contributed by atoms with E-state index in [0.717, 1.165) is 0 Å². The van der Waals surface area contributed by atoms with Gasteiger partial charge in [-0.05, 0) is 12.1 Å². The van der Waals surface area contributed by atoms with Crippen LogP contribution in [-0.2, 0) is 0 Å². The second kappa shape index (κ2) is 3.21. The van der Waals surface area contributed by atoms with Crippen molar-refractivity contribution in [3.63, 3.8) is 0 Å². The molecule has 4 nitrogen and oxygen atoms in total. The first-order chi connectivity index (χ1) is 5.20. The topological polar surface area (TPSA) is 65.2 Å². The van der Waals surface area contributed by atoms with Crippen molar-refractivity contribution in [1.82, 2.24) is 4.98 Å². The second-order valence-electron chi connectivity index (χ2n) is 1.71. The van der Waals surface area contributed by atoms with E-state index < -0.39 is 6.09 Å². The highest BCUT2D eigenvalue weighted by atomic mass is 35.5. The Bertz CT molecular complexity index is 277. The maximum absolute atomic E-state index is 10.2. The van der Waals surface area contributed by atoms with Gasteiger partial charge in [0.15, 0.2) is 10.9 Å². The van der Waals surface area contributed by atoms with Gasteiger partial charge in [-0.2, -0.15) is 0 Å². The highest BCUT2D eigenvalue weighted by Crippen LogP contribution is 2.19. The molecule has 0 aliphatic heterocycles. The molecule has 0 radical (unpaired) electrons. The summed E-state index contributed by atoms with van der Waals surface area (Å²) in [6.07, 6.45) is 0.579. The molecule has 0 bridgehead atoms. The van der Waals surface area contributed by atoms with Crippen LogP contribution in [0.2, 0.25) is 5.15 Å². The zero-order valence-corrected chi connectivity index (χ0v) is 6.21. The van der Waals surface area contributed by atoms with Crippen LogP contribution in [0.1, 0.15) is 0 Å². The van der Waals surface area contributed by atoms with Crippen LogP contribution in [0.3, 0.4) is 0 Å². The van der Waals surface area contributed by atoms with Crippen molar-refractivity contribution in [1.29, 1.82) is 0 Å². The van der Waals surface area contributed by atoms with Crippen LogP contribution < -0.4 is 10.5 Å². The van der Waals surface area contributed by atoms with Gasteiger partial charge in [0.25, 0.3) is 0 Å². The monoisotopic (exact) mass is 172 g/mol. The summed E-state index contributed by atoms with van der Waals surface area (Å²) in [5.74, 6) is 0.168. The zero-order chi connectivity index (χ0) is 8.27. The Morgan fingerprint density at radius 2 is 2.45 bits per heavy atom. The number of aromatic nitrogens is 1. The zero-order valence-electron chi connectivity index (χ0n) is 5.45. The number of amides is 1. The molecule has 0 saturated carbocycles. The van der Waals surface area contributed by atoms with Crippen LogP contribution in [0, 0.1) is 0 Å². The summed E-state index contributed by atoms with van der Waals surface area (Å²) < 4.78 is 4.49. The van der Waals surface area contributed by atoms with Crippen LogP contribution in [0.4, 0.5) is 4.79 Å². The summed E-state index contributed by atoms with van der Waals surface area (Å²) in [7, 11) is 0. The van der Waals surface area contributed by atoms with Gasteiger partial charge < -0.3 is 10.5 Å². The third-order valence-electron chi connectivity index (χ3n) is 0.935. The van der Waals surface area contributed by atoms with Crippen LogP contribution >= 0.6 is 11.6 Å². The minimum atomic E-state index is -0.903. The minimum Gasteiger partial charge on any atom is -0.407 e. The summed E-state index contributed by atoms with van der Waals surface area (Å²) in [6, 6.07) is 3.09. The summed E-state index contributed by atoms with van der Waals surface area (Å²) in [5.41, 5.74) is 4.75. The van der Waals surface area contributed by atoms with E-state index in [1.165, 1.54) is 12.3 Å². The number of pyridine rings is 1. The van der Waals surface area contributed by atoms with Gasteiger partial charge in [-0.1, -0.05) is 11.6 Å². The molecule has 0 aliphatic rings. The van der Waals surface area contributed by atoms with Gasteiger partial charge in [-0.25, -0.2) is 9.78 Å². The molecule has 0 spiro atoms. The average Bonchev–Trinajstić information content (AvgIpc) is 1.93. The van der Waals surface area contributed by atoms with E-state index in [1.54, 1.807) is 6.07 Å². The molecule has 1 heterocycles. The summed E-state index contributed by atoms with van der Waals surface area (Å²) in [5, 5.41) is 0.117. The SMILES string of the molecule is NC(=O)Oc1cccnc1Cl. The van der Waals surface area contributed by atoms with Crippen molar-refractivity contribution in [2.45, 2.75) is 0 Å². The lowest BCUT2D eigenvalue weighted by molar-refractivity contribution is 0.210. The first-order valence-electron chi connectivity index (χ1n) is 2.78. The van der Waals surface area contributed by atoms with E-state index in [0.29, 0.717) is 0 Å². The van der Waals surface area contributed by atoms with E-state index in [9.17, 15) is 4.79 Å². The van der Waals surface area contributed by atoms with E-state index in [4.69, 9.17) is 17.3 Å². The molecule has 0 saturated heterocycles. The molecule has 1 aromatic rings. The van der Waals surface area contributed by atoms with Gasteiger partial charge in [0, 0.05) is 6.20 Å². The van der Waals surface area contributed by atoms with Gasteiger partial charge in [0.2, 0.25) is 0 Å². The number of carbonyl (C=O) groups is 1. The smallest absolute Gasteiger partial charge is 0.407 e. The number of hydrogen-bond donors (Lipinski definition) is 1. The minimum absolute atomic E-state index is 0.117. The first-order valence-corrected chi connectivity index (χ1v) is 3.16. The predicted molar refractivity (Wildman–Crippen MR) is 39.5 cm³/mol. The molecule has 0 aromatic carbocycles. The molecule has 0 fully saturated rings. The fourth-order valence-corrected chi connectivity index (χ4v) is 0.714. The lowest BCUT2D eigenvalue weighted by Gasteiger charge is -1.99. The van der Waals surface area contributed by atoms with Crippen molar-refractivity contribution in [3.05, 3.63) is 23.5 Å². The standard InChI is InChI=1S/C6H5ClN2O2/c7-5-4(11-6(8)10)2-1-3-9-5/h1-3H,(H2,8,10). The summed E-state index contributed by atoms with van der Waals surface area (Å²) >= 11 is 5.52. The highest BCUT2D eigenvalue weighted by Gasteiger charge is 2.03. The maximum atomic E-state index is 10.2. The average molecular weight is 173 g/mol. The third kappa shape index (κ3) is 2.09. The van der Waals surface area contributed by atoms with Gasteiger partial charge in [-0.3, -0.25) is 0 Å². The quantitative estimate of drug-likeness (QED) is 0.648. The molecular formula is C6H5ClN2O2.